The average molecular weight is 558 g/mol. The average Bonchev–Trinajstić information content (AvgIpc) is 3.54. The summed E-state index contributed by atoms with van der Waals surface area (Å²) in [5.74, 6) is -5.00. The molecule has 10 nitrogen and oxygen atoms in total. The summed E-state index contributed by atoms with van der Waals surface area (Å²) in [6.07, 6.45) is -4.21. The standard InChI is InChI=1S/C18H26N4O2.2C2HF3O2/c23-17(22-7-1-2-8-22)20-12-18-13-21(10-16(18)11-24-14-18)9-15-3-5-19-6-4-15;2*3-2(4,5)1(6)7/h3-6,16H,1-2,7-14H2,(H,20,23);2*(H,6,7)/t16-,18+;;/m1../s1. The molecule has 3 N–H and O–H groups in total. The van der Waals surface area contributed by atoms with E-state index in [0.29, 0.717) is 5.92 Å². The number of carboxylic acid groups (broad SMARTS) is 2. The number of carbonyl (C=O) groups is 3. The van der Waals surface area contributed by atoms with Crippen LogP contribution in [0, 0.1) is 11.3 Å². The summed E-state index contributed by atoms with van der Waals surface area (Å²) >= 11 is 0. The molecule has 0 aromatic carbocycles. The lowest BCUT2D eigenvalue weighted by Gasteiger charge is -2.29. The zero-order valence-electron chi connectivity index (χ0n) is 20.1. The van der Waals surface area contributed by atoms with Crippen molar-refractivity contribution in [3.05, 3.63) is 30.1 Å². The first-order chi connectivity index (χ1) is 17.6. The summed E-state index contributed by atoms with van der Waals surface area (Å²) in [7, 11) is 0. The van der Waals surface area contributed by atoms with Gasteiger partial charge in [0.1, 0.15) is 0 Å². The number of alkyl halides is 6. The van der Waals surface area contributed by atoms with E-state index in [9.17, 15) is 31.1 Å². The van der Waals surface area contributed by atoms with Gasteiger partial charge in [0.15, 0.2) is 0 Å². The highest BCUT2D eigenvalue weighted by atomic mass is 19.4. The fourth-order valence-electron chi connectivity index (χ4n) is 4.34. The number of hydrogen-bond acceptors (Lipinski definition) is 6. The number of rotatable bonds is 4. The number of carbonyl (C=O) groups excluding carboxylic acids is 1. The Kier molecular flexibility index (Phi) is 10.7. The van der Waals surface area contributed by atoms with E-state index >= 15 is 0 Å². The zero-order chi connectivity index (χ0) is 28.6. The van der Waals surface area contributed by atoms with E-state index in [0.717, 1.165) is 65.3 Å². The van der Waals surface area contributed by atoms with Crippen molar-refractivity contribution in [2.75, 3.05) is 45.9 Å². The van der Waals surface area contributed by atoms with E-state index in [4.69, 9.17) is 24.5 Å². The van der Waals surface area contributed by atoms with E-state index < -0.39 is 24.3 Å². The van der Waals surface area contributed by atoms with E-state index in [1.165, 1.54) is 5.56 Å². The van der Waals surface area contributed by atoms with Crippen LogP contribution < -0.4 is 5.32 Å². The van der Waals surface area contributed by atoms with Crippen LogP contribution in [0.15, 0.2) is 24.5 Å². The maximum absolute atomic E-state index is 12.3. The van der Waals surface area contributed by atoms with Crippen LogP contribution >= 0.6 is 0 Å². The number of pyridine rings is 1. The topological polar surface area (TPSA) is 132 Å². The molecule has 0 aliphatic carbocycles. The van der Waals surface area contributed by atoms with Crippen molar-refractivity contribution in [1.82, 2.24) is 20.1 Å². The highest BCUT2D eigenvalue weighted by molar-refractivity contribution is 5.74. The maximum atomic E-state index is 12.3. The van der Waals surface area contributed by atoms with Crippen molar-refractivity contribution in [2.24, 2.45) is 11.3 Å². The van der Waals surface area contributed by atoms with Crippen molar-refractivity contribution >= 4 is 18.0 Å². The third-order valence-corrected chi connectivity index (χ3v) is 6.22. The smallest absolute Gasteiger partial charge is 0.475 e. The first-order valence-electron chi connectivity index (χ1n) is 11.5. The van der Waals surface area contributed by atoms with Crippen LogP contribution in [-0.4, -0.2) is 101 Å². The second-order valence-corrected chi connectivity index (χ2v) is 9.06. The monoisotopic (exact) mass is 558 g/mol. The Hall–Kier alpha value is -3.14. The number of fused-ring (bicyclic) bond motifs is 1. The Morgan fingerprint density at radius 1 is 1.03 bits per heavy atom. The number of nitrogens with zero attached hydrogens (tertiary/aromatic N) is 3. The van der Waals surface area contributed by atoms with Crippen molar-refractivity contribution in [2.45, 2.75) is 31.7 Å². The van der Waals surface area contributed by atoms with Crippen LogP contribution in [0.25, 0.3) is 0 Å². The molecule has 1 aromatic rings. The molecule has 3 aliphatic heterocycles. The molecule has 1 aromatic heterocycles. The number of aromatic nitrogens is 1. The van der Waals surface area contributed by atoms with Crippen LogP contribution in [0.2, 0.25) is 0 Å². The highest BCUT2D eigenvalue weighted by Gasteiger charge is 2.50. The number of amides is 2. The van der Waals surface area contributed by atoms with Gasteiger partial charge in [-0.25, -0.2) is 14.4 Å². The van der Waals surface area contributed by atoms with Crippen LogP contribution in [0.3, 0.4) is 0 Å². The summed E-state index contributed by atoms with van der Waals surface area (Å²) < 4.78 is 69.2. The Bertz CT molecular complexity index is 919. The molecule has 0 radical (unpaired) electrons. The van der Waals surface area contributed by atoms with Gasteiger partial charge in [0, 0.05) is 63.0 Å². The fraction of sp³-hybridized carbons (Fsp3) is 0.636. The Morgan fingerprint density at radius 3 is 2.05 bits per heavy atom. The number of likely N-dealkylation sites (tertiary alicyclic amines) is 2. The van der Waals surface area contributed by atoms with Gasteiger partial charge in [0.25, 0.3) is 0 Å². The molecule has 214 valence electrons. The Labute approximate surface area is 213 Å². The van der Waals surface area contributed by atoms with Crippen LogP contribution in [0.4, 0.5) is 31.1 Å². The molecule has 3 aliphatic rings. The lowest BCUT2D eigenvalue weighted by Crippen LogP contribution is -2.47. The van der Waals surface area contributed by atoms with Crippen LogP contribution in [0.5, 0.6) is 0 Å². The van der Waals surface area contributed by atoms with Crippen molar-refractivity contribution in [3.8, 4) is 0 Å². The molecule has 4 heterocycles. The van der Waals surface area contributed by atoms with E-state index in [-0.39, 0.29) is 11.4 Å². The Morgan fingerprint density at radius 2 is 1.55 bits per heavy atom. The number of nitrogens with one attached hydrogen (secondary N) is 1. The molecule has 38 heavy (non-hydrogen) atoms. The van der Waals surface area contributed by atoms with Gasteiger partial charge in [0.05, 0.1) is 13.2 Å². The second kappa shape index (κ2) is 13.1. The molecule has 0 spiro atoms. The molecule has 0 bridgehead atoms. The number of carboxylic acids is 2. The van der Waals surface area contributed by atoms with Gasteiger partial charge in [0.2, 0.25) is 0 Å². The van der Waals surface area contributed by atoms with Gasteiger partial charge in [-0.3, -0.25) is 9.88 Å². The number of halogens is 6. The normalized spacial score (nSPS) is 23.0. The molecule has 4 rings (SSSR count). The number of aliphatic carboxylic acids is 2. The quantitative estimate of drug-likeness (QED) is 0.481. The summed E-state index contributed by atoms with van der Waals surface area (Å²) in [4.78, 5) is 38.6. The Balaban J connectivity index is 0.000000301. The number of hydrogen-bond donors (Lipinski definition) is 3. The predicted molar refractivity (Wildman–Crippen MR) is 118 cm³/mol. The summed E-state index contributed by atoms with van der Waals surface area (Å²) in [5, 5.41) is 17.4. The van der Waals surface area contributed by atoms with E-state index in [1.807, 2.05) is 17.3 Å². The van der Waals surface area contributed by atoms with Gasteiger partial charge in [-0.05, 0) is 30.5 Å². The highest BCUT2D eigenvalue weighted by Crippen LogP contribution is 2.41. The van der Waals surface area contributed by atoms with E-state index in [1.54, 1.807) is 0 Å². The molecular formula is C22H28F6N4O6. The van der Waals surface area contributed by atoms with Gasteiger partial charge in [-0.15, -0.1) is 0 Å². The minimum atomic E-state index is -5.08. The molecule has 16 heteroatoms. The fourth-order valence-corrected chi connectivity index (χ4v) is 4.34. The summed E-state index contributed by atoms with van der Waals surface area (Å²) in [5.41, 5.74) is 1.37. The second-order valence-electron chi connectivity index (χ2n) is 9.06. The van der Waals surface area contributed by atoms with Crippen LogP contribution in [0.1, 0.15) is 18.4 Å². The van der Waals surface area contributed by atoms with Gasteiger partial charge < -0.3 is 25.2 Å². The third-order valence-electron chi connectivity index (χ3n) is 6.22. The molecule has 3 saturated heterocycles. The largest absolute Gasteiger partial charge is 0.490 e. The zero-order valence-corrected chi connectivity index (χ0v) is 20.1. The molecule has 2 atom stereocenters. The summed E-state index contributed by atoms with van der Waals surface area (Å²) in [6.45, 7) is 7.06. The molecule has 3 fully saturated rings. The minimum absolute atomic E-state index is 0.0718. The molecule has 0 saturated carbocycles. The van der Waals surface area contributed by atoms with Gasteiger partial charge in [-0.2, -0.15) is 26.3 Å². The van der Waals surface area contributed by atoms with E-state index in [2.05, 4.69) is 27.3 Å². The first kappa shape index (κ1) is 31.1. The number of ether oxygens (including phenoxy) is 1. The van der Waals surface area contributed by atoms with Crippen molar-refractivity contribution in [3.63, 3.8) is 0 Å². The minimum Gasteiger partial charge on any atom is -0.475 e. The van der Waals surface area contributed by atoms with Crippen molar-refractivity contribution < 1.29 is 55.7 Å². The lowest BCUT2D eigenvalue weighted by atomic mass is 9.81. The molecule has 2 amide bonds. The van der Waals surface area contributed by atoms with Crippen LogP contribution in [-0.2, 0) is 20.9 Å². The van der Waals surface area contributed by atoms with Crippen molar-refractivity contribution in [1.29, 1.82) is 0 Å². The first-order valence-corrected chi connectivity index (χ1v) is 11.5. The van der Waals surface area contributed by atoms with Gasteiger partial charge in [-0.1, -0.05) is 0 Å². The third kappa shape index (κ3) is 9.31. The molecule has 0 unspecified atom stereocenters. The maximum Gasteiger partial charge on any atom is 0.490 e. The SMILES string of the molecule is O=C(NC[C@]12COC[C@H]1CN(Cc1ccncc1)C2)N1CCCC1.O=C(O)C(F)(F)F.O=C(O)C(F)(F)F. The number of urea groups is 1. The lowest BCUT2D eigenvalue weighted by molar-refractivity contribution is -0.193. The molecular weight excluding hydrogens is 530 g/mol. The van der Waals surface area contributed by atoms with Gasteiger partial charge >= 0.3 is 30.3 Å². The predicted octanol–water partition coefficient (Wildman–Crippen LogP) is 2.60. The summed E-state index contributed by atoms with van der Waals surface area (Å²) in [6, 6.07) is 4.25.